The van der Waals surface area contributed by atoms with E-state index in [0.717, 1.165) is 19.3 Å². The highest BCUT2D eigenvalue weighted by Crippen LogP contribution is 2.14. The Morgan fingerprint density at radius 1 is 0.477 bits per heavy atom. The van der Waals surface area contributed by atoms with Crippen molar-refractivity contribution in [2.24, 2.45) is 22.9 Å². The van der Waals surface area contributed by atoms with E-state index in [0.29, 0.717) is 58.2 Å². The molecule has 0 aliphatic rings. The highest BCUT2D eigenvalue weighted by molar-refractivity contribution is 5.94. The smallest absolute Gasteiger partial charge is 0.243 e. The van der Waals surface area contributed by atoms with Crippen molar-refractivity contribution in [2.75, 3.05) is 19.6 Å². The molecule has 0 aromatic heterocycles. The van der Waals surface area contributed by atoms with Crippen molar-refractivity contribution in [1.82, 2.24) is 16.0 Å². The maximum Gasteiger partial charge on any atom is 0.243 e. The number of primary amides is 1. The number of nitrogens with two attached hydrogens (primary N) is 4. The average Bonchev–Trinajstić information content (AvgIpc) is 3.00. The SMILES string of the molecule is CCCCCCCCCCCCCCCCCC(=O)NC(CCCN)C(=O)NC(CCCN)C(=O)NC(CCCN)C(N)=O. The molecule has 0 fully saturated rings. The summed E-state index contributed by atoms with van der Waals surface area (Å²) in [6.45, 7) is 3.32. The lowest BCUT2D eigenvalue weighted by Gasteiger charge is -2.25. The summed E-state index contributed by atoms with van der Waals surface area (Å²) in [6.07, 6.45) is 21.7. The minimum absolute atomic E-state index is 0.185. The summed E-state index contributed by atoms with van der Waals surface area (Å²) < 4.78 is 0. The fraction of sp³-hybridized carbons (Fsp3) is 0.879. The maximum absolute atomic E-state index is 13.2. The van der Waals surface area contributed by atoms with Crippen LogP contribution < -0.4 is 38.9 Å². The highest BCUT2D eigenvalue weighted by atomic mass is 16.2. The van der Waals surface area contributed by atoms with Crippen molar-refractivity contribution in [3.8, 4) is 0 Å². The normalized spacial score (nSPS) is 13.2. The molecular formula is C33H67N7O4. The average molecular weight is 626 g/mol. The summed E-state index contributed by atoms with van der Waals surface area (Å²) in [7, 11) is 0. The monoisotopic (exact) mass is 626 g/mol. The third kappa shape index (κ3) is 23.2. The lowest BCUT2D eigenvalue weighted by Crippen LogP contribution is -2.56. The van der Waals surface area contributed by atoms with E-state index in [1.54, 1.807) is 0 Å². The molecule has 0 aliphatic heterocycles. The van der Waals surface area contributed by atoms with Crippen molar-refractivity contribution in [3.63, 3.8) is 0 Å². The Kier molecular flexibility index (Phi) is 28.0. The lowest BCUT2D eigenvalue weighted by atomic mass is 10.0. The first-order valence-corrected chi connectivity index (χ1v) is 17.6. The third-order valence-electron chi connectivity index (χ3n) is 8.04. The largest absolute Gasteiger partial charge is 0.368 e. The molecule has 44 heavy (non-hydrogen) atoms. The van der Waals surface area contributed by atoms with E-state index in [9.17, 15) is 19.2 Å². The molecule has 0 aromatic carbocycles. The number of nitrogens with one attached hydrogen (secondary N) is 3. The number of amides is 4. The fourth-order valence-corrected chi connectivity index (χ4v) is 5.26. The predicted molar refractivity (Wildman–Crippen MR) is 179 cm³/mol. The Morgan fingerprint density at radius 2 is 0.818 bits per heavy atom. The van der Waals surface area contributed by atoms with Gasteiger partial charge in [0.2, 0.25) is 23.6 Å². The van der Waals surface area contributed by atoms with Crippen molar-refractivity contribution in [2.45, 2.75) is 166 Å². The second kappa shape index (κ2) is 29.5. The standard InChI is InChI=1S/C33H67N7O4/c1-2-3-4-5-6-7-8-9-10-11-12-13-14-15-16-23-30(41)38-28(21-18-25-35)32(43)40-29(22-19-26-36)33(44)39-27(31(37)42)20-17-24-34/h27-29H,2-26,34-36H2,1H3,(H2,37,42)(H,38,41)(H,39,44)(H,40,43). The van der Waals surface area contributed by atoms with Gasteiger partial charge in [-0.05, 0) is 64.6 Å². The quantitative estimate of drug-likeness (QED) is 0.0570. The molecule has 0 rings (SSSR count). The van der Waals surface area contributed by atoms with E-state index in [2.05, 4.69) is 22.9 Å². The van der Waals surface area contributed by atoms with Crippen LogP contribution in [0.15, 0.2) is 0 Å². The lowest BCUT2D eigenvalue weighted by molar-refractivity contribution is -0.133. The van der Waals surface area contributed by atoms with E-state index in [1.807, 2.05) is 0 Å². The number of unbranched alkanes of at least 4 members (excludes halogenated alkanes) is 14. The molecule has 0 aliphatic carbocycles. The van der Waals surface area contributed by atoms with Crippen LogP contribution in [-0.2, 0) is 19.2 Å². The number of rotatable bonds is 31. The summed E-state index contributed by atoms with van der Waals surface area (Å²) in [5.41, 5.74) is 22.3. The number of hydrogen-bond donors (Lipinski definition) is 7. The van der Waals surface area contributed by atoms with E-state index in [-0.39, 0.29) is 12.3 Å². The number of carbonyl (C=O) groups is 4. The molecule has 3 unspecified atom stereocenters. The van der Waals surface area contributed by atoms with Gasteiger partial charge in [-0.1, -0.05) is 96.8 Å². The first-order chi connectivity index (χ1) is 21.3. The van der Waals surface area contributed by atoms with Crippen LogP contribution in [0.4, 0.5) is 0 Å². The van der Waals surface area contributed by atoms with Crippen LogP contribution in [0.5, 0.6) is 0 Å². The van der Waals surface area contributed by atoms with Crippen molar-refractivity contribution >= 4 is 23.6 Å². The molecule has 258 valence electrons. The Bertz CT molecular complexity index is 754. The molecule has 0 radical (unpaired) electrons. The second-order valence-electron chi connectivity index (χ2n) is 12.1. The topological polar surface area (TPSA) is 208 Å². The Morgan fingerprint density at radius 3 is 1.20 bits per heavy atom. The Labute approximate surface area is 267 Å². The van der Waals surface area contributed by atoms with Crippen molar-refractivity contribution in [3.05, 3.63) is 0 Å². The summed E-state index contributed by atoms with van der Waals surface area (Å²) >= 11 is 0. The molecular weight excluding hydrogens is 558 g/mol. The summed E-state index contributed by atoms with van der Waals surface area (Å²) in [5.74, 6) is -1.83. The van der Waals surface area contributed by atoms with Crippen LogP contribution in [0.2, 0.25) is 0 Å². The highest BCUT2D eigenvalue weighted by Gasteiger charge is 2.28. The van der Waals surface area contributed by atoms with E-state index in [4.69, 9.17) is 22.9 Å². The van der Waals surface area contributed by atoms with E-state index in [1.165, 1.54) is 77.0 Å². The molecule has 0 bridgehead atoms. The first-order valence-electron chi connectivity index (χ1n) is 17.6. The fourth-order valence-electron chi connectivity index (χ4n) is 5.26. The van der Waals surface area contributed by atoms with Gasteiger partial charge in [-0.25, -0.2) is 0 Å². The molecule has 0 aromatic rings. The van der Waals surface area contributed by atoms with Gasteiger partial charge < -0.3 is 38.9 Å². The molecule has 11 N–H and O–H groups in total. The van der Waals surface area contributed by atoms with Gasteiger partial charge in [0.1, 0.15) is 18.1 Å². The molecule has 0 saturated heterocycles. The van der Waals surface area contributed by atoms with Crippen LogP contribution in [0.3, 0.4) is 0 Å². The van der Waals surface area contributed by atoms with Gasteiger partial charge in [-0.15, -0.1) is 0 Å². The van der Waals surface area contributed by atoms with Crippen LogP contribution >= 0.6 is 0 Å². The van der Waals surface area contributed by atoms with Crippen LogP contribution in [0.25, 0.3) is 0 Å². The Hall–Kier alpha value is -2.24. The van der Waals surface area contributed by atoms with Gasteiger partial charge in [0.25, 0.3) is 0 Å². The van der Waals surface area contributed by atoms with Crippen LogP contribution in [0, 0.1) is 0 Å². The van der Waals surface area contributed by atoms with Crippen LogP contribution in [-0.4, -0.2) is 61.4 Å². The van der Waals surface area contributed by atoms with Gasteiger partial charge in [0, 0.05) is 6.42 Å². The second-order valence-corrected chi connectivity index (χ2v) is 12.1. The molecule has 4 amide bonds. The molecule has 0 spiro atoms. The van der Waals surface area contributed by atoms with Gasteiger partial charge in [-0.2, -0.15) is 0 Å². The number of carbonyl (C=O) groups excluding carboxylic acids is 4. The molecule has 0 saturated carbocycles. The minimum atomic E-state index is -0.918. The zero-order valence-corrected chi connectivity index (χ0v) is 27.9. The van der Waals surface area contributed by atoms with Gasteiger partial charge in [-0.3, -0.25) is 19.2 Å². The Balaban J connectivity index is 4.52. The van der Waals surface area contributed by atoms with E-state index < -0.39 is 35.8 Å². The van der Waals surface area contributed by atoms with Crippen molar-refractivity contribution < 1.29 is 19.2 Å². The molecule has 3 atom stereocenters. The van der Waals surface area contributed by atoms with Gasteiger partial charge in [0.05, 0.1) is 0 Å². The maximum atomic E-state index is 13.2. The first kappa shape index (κ1) is 41.8. The molecule has 0 heterocycles. The van der Waals surface area contributed by atoms with Crippen molar-refractivity contribution in [1.29, 1.82) is 0 Å². The summed E-state index contributed by atoms with van der Waals surface area (Å²) in [6, 6.07) is -2.61. The number of hydrogen-bond acceptors (Lipinski definition) is 7. The summed E-state index contributed by atoms with van der Waals surface area (Å²) in [4.78, 5) is 50.6. The zero-order valence-electron chi connectivity index (χ0n) is 27.9. The molecule has 11 nitrogen and oxygen atoms in total. The predicted octanol–water partition coefficient (Wildman–Crippen LogP) is 3.40. The third-order valence-corrected chi connectivity index (χ3v) is 8.04. The van der Waals surface area contributed by atoms with Gasteiger partial charge >= 0.3 is 0 Å². The van der Waals surface area contributed by atoms with Crippen LogP contribution in [0.1, 0.15) is 148 Å². The zero-order chi connectivity index (χ0) is 32.8. The minimum Gasteiger partial charge on any atom is -0.368 e. The van der Waals surface area contributed by atoms with Gasteiger partial charge in [0.15, 0.2) is 0 Å². The molecule has 11 heteroatoms. The van der Waals surface area contributed by atoms with E-state index >= 15 is 0 Å². The summed E-state index contributed by atoms with van der Waals surface area (Å²) in [5, 5.41) is 8.21.